The van der Waals surface area contributed by atoms with Crippen molar-refractivity contribution in [1.29, 1.82) is 0 Å². The van der Waals surface area contributed by atoms with E-state index < -0.39 is 0 Å². The van der Waals surface area contributed by atoms with Gasteiger partial charge in [-0.1, -0.05) is 6.07 Å². The molecule has 1 aliphatic heterocycles. The zero-order valence-corrected chi connectivity index (χ0v) is 6.46. The molecular formula is C9H12N2. The minimum absolute atomic E-state index is 0.698. The van der Waals surface area contributed by atoms with Crippen LogP contribution in [0.15, 0.2) is 24.5 Å². The maximum absolute atomic E-state index is 4.10. The van der Waals surface area contributed by atoms with E-state index in [4.69, 9.17) is 0 Å². The second-order valence-electron chi connectivity index (χ2n) is 2.98. The third-order valence-corrected chi connectivity index (χ3v) is 2.22. The monoisotopic (exact) mass is 148 g/mol. The van der Waals surface area contributed by atoms with E-state index >= 15 is 0 Å². The van der Waals surface area contributed by atoms with E-state index in [0.717, 1.165) is 13.1 Å². The van der Waals surface area contributed by atoms with Crippen molar-refractivity contribution in [1.82, 2.24) is 10.3 Å². The van der Waals surface area contributed by atoms with E-state index in [9.17, 15) is 0 Å². The molecule has 0 aromatic carbocycles. The smallest absolute Gasteiger partial charge is 0.0303 e. The number of hydrogen-bond donors (Lipinski definition) is 1. The molecular weight excluding hydrogens is 136 g/mol. The largest absolute Gasteiger partial charge is 0.316 e. The fourth-order valence-corrected chi connectivity index (χ4v) is 1.56. The molecule has 2 rings (SSSR count). The molecule has 1 saturated heterocycles. The first-order valence-corrected chi connectivity index (χ1v) is 4.07. The minimum atomic E-state index is 0.698. The summed E-state index contributed by atoms with van der Waals surface area (Å²) in [7, 11) is 0. The number of rotatable bonds is 1. The van der Waals surface area contributed by atoms with Gasteiger partial charge in [0, 0.05) is 18.9 Å². The normalized spacial score (nSPS) is 23.8. The van der Waals surface area contributed by atoms with Crippen LogP contribution in [0.5, 0.6) is 0 Å². The van der Waals surface area contributed by atoms with Crippen LogP contribution in [0.2, 0.25) is 0 Å². The van der Waals surface area contributed by atoms with Crippen LogP contribution in [0.3, 0.4) is 0 Å². The zero-order chi connectivity index (χ0) is 7.52. The maximum Gasteiger partial charge on any atom is 0.0303 e. The number of aromatic nitrogens is 1. The Morgan fingerprint density at radius 2 is 2.55 bits per heavy atom. The van der Waals surface area contributed by atoms with Gasteiger partial charge in [0.1, 0.15) is 0 Å². The zero-order valence-electron chi connectivity index (χ0n) is 6.46. The molecule has 11 heavy (non-hydrogen) atoms. The summed E-state index contributed by atoms with van der Waals surface area (Å²) in [4.78, 5) is 4.10. The highest BCUT2D eigenvalue weighted by atomic mass is 14.9. The Morgan fingerprint density at radius 3 is 3.18 bits per heavy atom. The highest BCUT2D eigenvalue weighted by Crippen LogP contribution is 2.20. The summed E-state index contributed by atoms with van der Waals surface area (Å²) in [5, 5.41) is 3.34. The molecule has 0 bridgehead atoms. The number of pyridine rings is 1. The number of hydrogen-bond acceptors (Lipinski definition) is 2. The Kier molecular flexibility index (Phi) is 1.86. The summed E-state index contributed by atoms with van der Waals surface area (Å²) < 4.78 is 0. The molecule has 0 saturated carbocycles. The lowest BCUT2D eigenvalue weighted by atomic mass is 10.0. The minimum Gasteiger partial charge on any atom is -0.316 e. The molecule has 0 unspecified atom stereocenters. The van der Waals surface area contributed by atoms with E-state index in [-0.39, 0.29) is 0 Å². The van der Waals surface area contributed by atoms with Gasteiger partial charge in [0.25, 0.3) is 0 Å². The van der Waals surface area contributed by atoms with E-state index in [0.29, 0.717) is 5.92 Å². The van der Waals surface area contributed by atoms with Crippen LogP contribution >= 0.6 is 0 Å². The van der Waals surface area contributed by atoms with Crippen molar-refractivity contribution in [2.45, 2.75) is 12.3 Å². The Labute approximate surface area is 66.7 Å². The van der Waals surface area contributed by atoms with E-state index in [1.165, 1.54) is 12.0 Å². The van der Waals surface area contributed by atoms with Crippen molar-refractivity contribution in [2.24, 2.45) is 0 Å². The van der Waals surface area contributed by atoms with Gasteiger partial charge in [-0.25, -0.2) is 0 Å². The van der Waals surface area contributed by atoms with Gasteiger partial charge in [0.15, 0.2) is 0 Å². The van der Waals surface area contributed by atoms with Crippen LogP contribution in [0, 0.1) is 0 Å². The molecule has 2 heteroatoms. The first-order valence-electron chi connectivity index (χ1n) is 4.07. The highest BCUT2D eigenvalue weighted by Gasteiger charge is 2.15. The maximum atomic E-state index is 4.10. The molecule has 0 spiro atoms. The lowest BCUT2D eigenvalue weighted by molar-refractivity contribution is 0.759. The molecule has 1 aliphatic rings. The van der Waals surface area contributed by atoms with Gasteiger partial charge >= 0.3 is 0 Å². The summed E-state index contributed by atoms with van der Waals surface area (Å²) in [6, 6.07) is 4.16. The molecule has 1 aromatic heterocycles. The molecule has 2 heterocycles. The quantitative estimate of drug-likeness (QED) is 0.646. The van der Waals surface area contributed by atoms with Crippen molar-refractivity contribution < 1.29 is 0 Å². The van der Waals surface area contributed by atoms with Crippen LogP contribution < -0.4 is 5.32 Å². The molecule has 0 radical (unpaired) electrons. The first-order chi connectivity index (χ1) is 5.47. The van der Waals surface area contributed by atoms with Gasteiger partial charge in [-0.15, -0.1) is 0 Å². The van der Waals surface area contributed by atoms with Crippen molar-refractivity contribution in [2.75, 3.05) is 13.1 Å². The molecule has 0 aliphatic carbocycles. The van der Waals surface area contributed by atoms with E-state index in [1.54, 1.807) is 0 Å². The highest BCUT2D eigenvalue weighted by molar-refractivity contribution is 5.16. The number of nitrogens with zero attached hydrogens (tertiary/aromatic N) is 1. The van der Waals surface area contributed by atoms with Crippen molar-refractivity contribution in [3.05, 3.63) is 30.1 Å². The molecule has 2 nitrogen and oxygen atoms in total. The van der Waals surface area contributed by atoms with Crippen molar-refractivity contribution in [3.63, 3.8) is 0 Å². The van der Waals surface area contributed by atoms with Crippen LogP contribution in [0.4, 0.5) is 0 Å². The van der Waals surface area contributed by atoms with Gasteiger partial charge < -0.3 is 5.32 Å². The van der Waals surface area contributed by atoms with E-state index in [1.807, 2.05) is 18.5 Å². The Hall–Kier alpha value is -0.890. The average molecular weight is 148 g/mol. The van der Waals surface area contributed by atoms with Gasteiger partial charge in [-0.2, -0.15) is 0 Å². The topological polar surface area (TPSA) is 24.9 Å². The van der Waals surface area contributed by atoms with Crippen molar-refractivity contribution >= 4 is 0 Å². The Morgan fingerprint density at radius 1 is 1.55 bits per heavy atom. The van der Waals surface area contributed by atoms with Crippen LogP contribution in [0.25, 0.3) is 0 Å². The summed E-state index contributed by atoms with van der Waals surface area (Å²) in [6.45, 7) is 2.27. The third kappa shape index (κ3) is 1.40. The predicted molar refractivity (Wildman–Crippen MR) is 44.5 cm³/mol. The summed E-state index contributed by atoms with van der Waals surface area (Å²) in [5.74, 6) is 0.698. The molecule has 0 amide bonds. The molecule has 1 aromatic rings. The van der Waals surface area contributed by atoms with Crippen LogP contribution in [0.1, 0.15) is 17.9 Å². The van der Waals surface area contributed by atoms with Crippen molar-refractivity contribution in [3.8, 4) is 0 Å². The lowest BCUT2D eigenvalue weighted by Crippen LogP contribution is -2.07. The fraction of sp³-hybridized carbons (Fsp3) is 0.444. The molecule has 58 valence electrons. The average Bonchev–Trinajstić information content (AvgIpc) is 2.58. The Balaban J connectivity index is 2.16. The summed E-state index contributed by atoms with van der Waals surface area (Å²) >= 11 is 0. The Bertz CT molecular complexity index is 214. The molecule has 1 fully saturated rings. The van der Waals surface area contributed by atoms with Gasteiger partial charge in [0.05, 0.1) is 0 Å². The van der Waals surface area contributed by atoms with Gasteiger partial charge in [-0.05, 0) is 30.5 Å². The van der Waals surface area contributed by atoms with E-state index in [2.05, 4.69) is 16.4 Å². The number of nitrogens with one attached hydrogen (secondary N) is 1. The summed E-state index contributed by atoms with van der Waals surface area (Å²) in [6.07, 6.45) is 5.05. The third-order valence-electron chi connectivity index (χ3n) is 2.22. The second kappa shape index (κ2) is 3.01. The lowest BCUT2D eigenvalue weighted by Gasteiger charge is -2.05. The van der Waals surface area contributed by atoms with Gasteiger partial charge in [0.2, 0.25) is 0 Å². The fourth-order valence-electron chi connectivity index (χ4n) is 1.56. The standard InChI is InChI=1S/C9H12N2/c1-2-8(6-10-4-1)9-3-5-11-7-9/h1-2,4,6,9,11H,3,5,7H2/t9-/m1/s1. The first kappa shape index (κ1) is 6.80. The predicted octanol–water partition coefficient (Wildman–Crippen LogP) is 1.16. The molecule has 1 atom stereocenters. The second-order valence-corrected chi connectivity index (χ2v) is 2.98. The molecule has 1 N–H and O–H groups in total. The van der Waals surface area contributed by atoms with Crippen LogP contribution in [-0.4, -0.2) is 18.1 Å². The van der Waals surface area contributed by atoms with Gasteiger partial charge in [-0.3, -0.25) is 4.98 Å². The summed E-state index contributed by atoms with van der Waals surface area (Å²) in [5.41, 5.74) is 1.37. The SMILES string of the molecule is c1cncc([C@@H]2CCNC2)c1. The van der Waals surface area contributed by atoms with Crippen LogP contribution in [-0.2, 0) is 0 Å².